The topological polar surface area (TPSA) is 69.2 Å². The van der Waals surface area contributed by atoms with Crippen LogP contribution in [0.4, 0.5) is 0 Å². The second-order valence-electron chi connectivity index (χ2n) is 6.24. The number of hydrogen-bond donors (Lipinski definition) is 1. The summed E-state index contributed by atoms with van der Waals surface area (Å²) in [6.45, 7) is 6.37. The Hall–Kier alpha value is -3.02. The van der Waals surface area contributed by atoms with Gasteiger partial charge in [-0.15, -0.1) is 0 Å². The smallest absolute Gasteiger partial charge is 0.261 e. The van der Waals surface area contributed by atoms with Gasteiger partial charge < -0.3 is 19.6 Å². The molecule has 0 spiro atoms. The van der Waals surface area contributed by atoms with Crippen LogP contribution >= 0.6 is 0 Å². The van der Waals surface area contributed by atoms with E-state index in [-0.39, 0.29) is 18.6 Å². The lowest BCUT2D eigenvalue weighted by molar-refractivity contribution is -0.126. The fourth-order valence-electron chi connectivity index (χ4n) is 2.64. The number of rotatable bonds is 10. The Kier molecular flexibility index (Phi) is 8.34. The third-order valence-corrected chi connectivity index (χ3v) is 4.22. The molecule has 6 nitrogen and oxygen atoms in total. The number of nitrogens with zero attached hydrogens (tertiary/aromatic N) is 1. The first-order valence-corrected chi connectivity index (χ1v) is 9.41. The summed E-state index contributed by atoms with van der Waals surface area (Å²) in [5, 5.41) is 6.75. The molecular weight excluding hydrogens is 356 g/mol. The van der Waals surface area contributed by atoms with Gasteiger partial charge in [0.2, 0.25) is 0 Å². The maximum absolute atomic E-state index is 12.0. The molecule has 0 heterocycles. The van der Waals surface area contributed by atoms with E-state index in [0.29, 0.717) is 18.1 Å². The first kappa shape index (κ1) is 21.3. The molecule has 0 aliphatic rings. The van der Waals surface area contributed by atoms with Gasteiger partial charge in [-0.3, -0.25) is 4.79 Å². The van der Waals surface area contributed by atoms with Gasteiger partial charge in [0.15, 0.2) is 18.1 Å². The Labute approximate surface area is 166 Å². The molecule has 0 aromatic heterocycles. The molecule has 1 N–H and O–H groups in total. The molecule has 150 valence electrons. The lowest BCUT2D eigenvalue weighted by Gasteiger charge is -2.14. The molecule has 1 atom stereocenters. The minimum atomic E-state index is -0.228. The molecule has 2 rings (SSSR count). The zero-order chi connectivity index (χ0) is 20.4. The summed E-state index contributed by atoms with van der Waals surface area (Å²) in [4.78, 5) is 17.1. The highest BCUT2D eigenvalue weighted by atomic mass is 16.6. The average Bonchev–Trinajstić information content (AvgIpc) is 2.72. The summed E-state index contributed by atoms with van der Waals surface area (Å²) in [7, 11) is 1.58. The third-order valence-electron chi connectivity index (χ3n) is 4.22. The molecule has 0 fully saturated rings. The summed E-state index contributed by atoms with van der Waals surface area (Å²) in [5.41, 5.74) is 3.10. The summed E-state index contributed by atoms with van der Waals surface area (Å²) >= 11 is 0. The minimum absolute atomic E-state index is 0.0960. The Morgan fingerprint density at radius 1 is 1.14 bits per heavy atom. The third kappa shape index (κ3) is 6.30. The van der Waals surface area contributed by atoms with Crippen molar-refractivity contribution in [2.24, 2.45) is 5.16 Å². The number of hydrogen-bond acceptors (Lipinski definition) is 5. The van der Waals surface area contributed by atoms with Gasteiger partial charge in [0.1, 0.15) is 0 Å². The molecule has 0 aliphatic carbocycles. The van der Waals surface area contributed by atoms with Crippen molar-refractivity contribution < 1.29 is 19.1 Å². The minimum Gasteiger partial charge on any atom is -0.493 e. The van der Waals surface area contributed by atoms with Crippen molar-refractivity contribution in [1.29, 1.82) is 0 Å². The van der Waals surface area contributed by atoms with Gasteiger partial charge in [-0.25, -0.2) is 0 Å². The molecule has 0 saturated heterocycles. The number of carbonyl (C=O) groups excluding carboxylic acids is 1. The Balaban J connectivity index is 1.82. The fourth-order valence-corrected chi connectivity index (χ4v) is 2.64. The van der Waals surface area contributed by atoms with Crippen LogP contribution in [0, 0.1) is 0 Å². The van der Waals surface area contributed by atoms with Crippen molar-refractivity contribution in [3.05, 3.63) is 59.2 Å². The molecule has 2 aromatic rings. The van der Waals surface area contributed by atoms with Gasteiger partial charge in [-0.2, -0.15) is 0 Å². The van der Waals surface area contributed by atoms with Gasteiger partial charge >= 0.3 is 0 Å². The van der Waals surface area contributed by atoms with Crippen molar-refractivity contribution in [2.45, 2.75) is 33.2 Å². The van der Waals surface area contributed by atoms with Crippen molar-refractivity contribution in [3.8, 4) is 11.5 Å². The molecule has 6 heteroatoms. The van der Waals surface area contributed by atoms with Crippen LogP contribution in [0.3, 0.4) is 0 Å². The summed E-state index contributed by atoms with van der Waals surface area (Å²) < 4.78 is 10.8. The second-order valence-corrected chi connectivity index (χ2v) is 6.24. The maximum Gasteiger partial charge on any atom is 0.261 e. The van der Waals surface area contributed by atoms with Crippen LogP contribution in [-0.2, 0) is 16.1 Å². The Morgan fingerprint density at radius 3 is 2.54 bits per heavy atom. The van der Waals surface area contributed by atoms with E-state index in [1.54, 1.807) is 13.2 Å². The molecular formula is C22H28N2O4. The number of benzene rings is 2. The van der Waals surface area contributed by atoms with Crippen molar-refractivity contribution >= 4 is 12.1 Å². The summed E-state index contributed by atoms with van der Waals surface area (Å²) in [6.07, 6.45) is 2.52. The zero-order valence-electron chi connectivity index (χ0n) is 16.9. The molecule has 0 radical (unpaired) electrons. The van der Waals surface area contributed by atoms with Crippen LogP contribution in [0.15, 0.2) is 47.6 Å². The monoisotopic (exact) mass is 384 g/mol. The molecule has 28 heavy (non-hydrogen) atoms. The van der Waals surface area contributed by atoms with E-state index in [2.05, 4.69) is 29.5 Å². The SMILES string of the molecule is CCOc1ccc(/C=N/OCC(=O)NC(C)c2ccc(CC)cc2)cc1OC. The van der Waals surface area contributed by atoms with Gasteiger partial charge in [0, 0.05) is 5.56 Å². The number of methoxy groups -OCH3 is 1. The molecule has 1 unspecified atom stereocenters. The second kappa shape index (κ2) is 11.0. The predicted octanol–water partition coefficient (Wildman–Crippen LogP) is 3.88. The van der Waals surface area contributed by atoms with Crippen molar-refractivity contribution in [1.82, 2.24) is 5.32 Å². The number of aryl methyl sites for hydroxylation is 1. The number of nitrogens with one attached hydrogen (secondary N) is 1. The summed E-state index contributed by atoms with van der Waals surface area (Å²) in [6, 6.07) is 13.5. The Morgan fingerprint density at radius 2 is 1.89 bits per heavy atom. The van der Waals surface area contributed by atoms with Gasteiger partial charge in [0.25, 0.3) is 5.91 Å². The quantitative estimate of drug-likeness (QED) is 0.498. The maximum atomic E-state index is 12.0. The molecule has 0 saturated carbocycles. The predicted molar refractivity (Wildman–Crippen MR) is 110 cm³/mol. The van der Waals surface area contributed by atoms with E-state index < -0.39 is 0 Å². The lowest BCUT2D eigenvalue weighted by Crippen LogP contribution is -2.29. The van der Waals surface area contributed by atoms with Gasteiger partial charge in [-0.05, 0) is 49.6 Å². The summed E-state index contributed by atoms with van der Waals surface area (Å²) in [5.74, 6) is 1.06. The average molecular weight is 384 g/mol. The van der Waals surface area contributed by atoms with Crippen LogP contribution in [-0.4, -0.2) is 32.4 Å². The normalized spacial score (nSPS) is 11.9. The van der Waals surface area contributed by atoms with Crippen LogP contribution in [0.5, 0.6) is 11.5 Å². The lowest BCUT2D eigenvalue weighted by atomic mass is 10.1. The number of ether oxygens (including phenoxy) is 2. The molecule has 0 bridgehead atoms. The van der Waals surface area contributed by atoms with E-state index in [1.807, 2.05) is 38.1 Å². The first-order valence-electron chi connectivity index (χ1n) is 9.41. The number of carbonyl (C=O) groups is 1. The highest BCUT2D eigenvalue weighted by molar-refractivity contribution is 5.81. The van der Waals surface area contributed by atoms with Crippen LogP contribution in [0.1, 0.15) is 43.5 Å². The number of amides is 1. The zero-order valence-corrected chi connectivity index (χ0v) is 16.9. The van der Waals surface area contributed by atoms with E-state index >= 15 is 0 Å². The highest BCUT2D eigenvalue weighted by Gasteiger charge is 2.10. The van der Waals surface area contributed by atoms with Crippen molar-refractivity contribution in [2.75, 3.05) is 20.3 Å². The van der Waals surface area contributed by atoms with E-state index in [4.69, 9.17) is 14.3 Å². The highest BCUT2D eigenvalue weighted by Crippen LogP contribution is 2.27. The Bertz CT molecular complexity index is 788. The van der Waals surface area contributed by atoms with Crippen LogP contribution in [0.2, 0.25) is 0 Å². The first-order chi connectivity index (χ1) is 13.6. The fraction of sp³-hybridized carbons (Fsp3) is 0.364. The van der Waals surface area contributed by atoms with E-state index in [1.165, 1.54) is 11.8 Å². The van der Waals surface area contributed by atoms with E-state index in [0.717, 1.165) is 17.5 Å². The van der Waals surface area contributed by atoms with Gasteiger partial charge in [-0.1, -0.05) is 36.3 Å². The molecule has 0 aliphatic heterocycles. The largest absolute Gasteiger partial charge is 0.493 e. The molecule has 2 aromatic carbocycles. The van der Waals surface area contributed by atoms with Crippen molar-refractivity contribution in [3.63, 3.8) is 0 Å². The van der Waals surface area contributed by atoms with Crippen LogP contribution < -0.4 is 14.8 Å². The molecule has 1 amide bonds. The van der Waals surface area contributed by atoms with Gasteiger partial charge in [0.05, 0.1) is 26.0 Å². The van der Waals surface area contributed by atoms with E-state index in [9.17, 15) is 4.79 Å². The number of oxime groups is 1. The standard InChI is InChI=1S/C22H28N2O4/c1-5-17-7-10-19(11-8-17)16(3)24-22(25)15-28-23-14-18-9-12-20(27-6-2)21(13-18)26-4/h7-14,16H,5-6,15H2,1-4H3,(H,24,25)/b23-14+. The van der Waals surface area contributed by atoms with Crippen LogP contribution in [0.25, 0.3) is 0 Å².